The molecule has 0 N–H and O–H groups in total. The maximum atomic E-state index is 13.5. The molecule has 0 aromatic heterocycles. The second-order valence-corrected chi connectivity index (χ2v) is 10.6. The van der Waals surface area contributed by atoms with Gasteiger partial charge in [-0.05, 0) is 35.5 Å². The van der Waals surface area contributed by atoms with Crippen molar-refractivity contribution in [3.63, 3.8) is 0 Å². The predicted molar refractivity (Wildman–Crippen MR) is 132 cm³/mol. The Kier molecular flexibility index (Phi) is 6.11. The van der Waals surface area contributed by atoms with Gasteiger partial charge in [-0.25, -0.2) is 0 Å². The lowest BCUT2D eigenvalue weighted by Gasteiger charge is -2.28. The second kappa shape index (κ2) is 9.12. The Bertz CT molecular complexity index is 1140. The van der Waals surface area contributed by atoms with Crippen LogP contribution in [0, 0.1) is 0 Å². The van der Waals surface area contributed by atoms with Crippen molar-refractivity contribution in [2.45, 2.75) is 6.92 Å². The molecule has 152 valence electrons. The zero-order valence-corrected chi connectivity index (χ0v) is 18.2. The molecule has 2 nitrogen and oxygen atoms in total. The van der Waals surface area contributed by atoms with Crippen LogP contribution in [-0.4, -0.2) is 17.4 Å². The van der Waals surface area contributed by atoms with Gasteiger partial charge in [0.1, 0.15) is 0 Å². The van der Waals surface area contributed by atoms with Crippen LogP contribution in [0.25, 0.3) is 0 Å². The number of benzene rings is 4. The molecule has 4 rings (SSSR count). The van der Waals surface area contributed by atoms with Gasteiger partial charge in [0.05, 0.1) is 0 Å². The van der Waals surface area contributed by atoms with Gasteiger partial charge in [0.2, 0.25) is 0 Å². The van der Waals surface area contributed by atoms with Crippen LogP contribution in [-0.2, 0) is 0 Å². The highest BCUT2D eigenvalue weighted by Crippen LogP contribution is 2.43. The van der Waals surface area contributed by atoms with Crippen molar-refractivity contribution < 1.29 is 9.59 Å². The summed E-state index contributed by atoms with van der Waals surface area (Å²) in [5.41, 5.74) is 1.18. The summed E-state index contributed by atoms with van der Waals surface area (Å²) in [6.45, 7) is -0.820. The van der Waals surface area contributed by atoms with Gasteiger partial charge in [-0.3, -0.25) is 9.59 Å². The summed E-state index contributed by atoms with van der Waals surface area (Å²) >= 11 is 0. The highest BCUT2D eigenvalue weighted by molar-refractivity contribution is 7.95. The third-order valence-corrected chi connectivity index (χ3v) is 9.34. The van der Waals surface area contributed by atoms with Crippen molar-refractivity contribution in [2.24, 2.45) is 0 Å². The summed E-state index contributed by atoms with van der Waals surface area (Å²) < 4.78 is 0. The van der Waals surface area contributed by atoms with Crippen molar-refractivity contribution in [1.82, 2.24) is 0 Å². The highest BCUT2D eigenvalue weighted by Gasteiger charge is 2.26. The first kappa shape index (κ1) is 20.8. The molecule has 0 spiro atoms. The topological polar surface area (TPSA) is 34.1 Å². The zero-order valence-electron chi connectivity index (χ0n) is 17.3. The van der Waals surface area contributed by atoms with E-state index < -0.39 is 6.89 Å². The Morgan fingerprint density at radius 3 is 1.26 bits per heavy atom. The summed E-state index contributed by atoms with van der Waals surface area (Å²) in [5.74, 6) is 1.86. The minimum atomic E-state index is -2.35. The molecule has 0 saturated carbocycles. The van der Waals surface area contributed by atoms with Crippen LogP contribution in [0.15, 0.2) is 115 Å². The number of hydrogen-bond donors (Lipinski definition) is 0. The molecular formula is C28H23O2P. The number of ketones is 2. The average molecular weight is 422 g/mol. The summed E-state index contributed by atoms with van der Waals surface area (Å²) in [6.07, 6.45) is 0. The molecule has 3 heteroatoms. The van der Waals surface area contributed by atoms with Gasteiger partial charge in [-0.2, -0.15) is 0 Å². The van der Waals surface area contributed by atoms with Gasteiger partial charge in [-0.15, -0.1) is 0 Å². The minimum absolute atomic E-state index is 0.0114. The minimum Gasteiger partial charge on any atom is -0.295 e. The van der Waals surface area contributed by atoms with Gasteiger partial charge in [0, 0.05) is 11.1 Å². The van der Waals surface area contributed by atoms with E-state index in [2.05, 4.69) is 36.4 Å². The Morgan fingerprint density at radius 1 is 0.548 bits per heavy atom. The molecule has 4 aromatic carbocycles. The van der Waals surface area contributed by atoms with E-state index >= 15 is 0 Å². The van der Waals surface area contributed by atoms with Crippen molar-refractivity contribution in [3.8, 4) is 0 Å². The zero-order chi connectivity index (χ0) is 21.7. The maximum absolute atomic E-state index is 13.5. The molecule has 0 bridgehead atoms. The molecule has 0 aliphatic carbocycles. The van der Waals surface area contributed by atoms with E-state index in [-0.39, 0.29) is 11.6 Å². The first-order chi connectivity index (χ1) is 15.1. The number of Topliss-reactive ketones (excluding diaryl/α,β-unsaturated/α-hetero) is 2. The van der Waals surface area contributed by atoms with Crippen molar-refractivity contribution in [2.75, 3.05) is 0 Å². The summed E-state index contributed by atoms with van der Waals surface area (Å²) in [7, 11) is 0. The van der Waals surface area contributed by atoms with E-state index in [1.54, 1.807) is 24.3 Å². The summed E-state index contributed by atoms with van der Waals surface area (Å²) in [4.78, 5) is 25.2. The van der Waals surface area contributed by atoms with Crippen molar-refractivity contribution in [3.05, 3.63) is 126 Å². The SMILES string of the molecule is CC(=O)c1ccc(C(=O)C=P(c2ccccc2)(c2ccccc2)c2ccccc2)cc1. The fourth-order valence-electron chi connectivity index (χ4n) is 3.78. The molecule has 0 heterocycles. The molecule has 0 aliphatic rings. The first-order valence-corrected chi connectivity index (χ1v) is 12.0. The number of carbonyl (C=O) groups excluding carboxylic acids is 2. The lowest BCUT2D eigenvalue weighted by atomic mass is 10.1. The van der Waals surface area contributed by atoms with Gasteiger partial charge < -0.3 is 0 Å². The molecule has 31 heavy (non-hydrogen) atoms. The number of rotatable bonds is 6. The van der Waals surface area contributed by atoms with Crippen LogP contribution >= 0.6 is 6.89 Å². The molecule has 0 aliphatic heterocycles. The van der Waals surface area contributed by atoms with Gasteiger partial charge >= 0.3 is 0 Å². The summed E-state index contributed by atoms with van der Waals surface area (Å²) in [5, 5.41) is 3.38. The van der Waals surface area contributed by atoms with E-state index in [4.69, 9.17) is 0 Å². The van der Waals surface area contributed by atoms with E-state index in [1.165, 1.54) is 6.92 Å². The standard InChI is InChI=1S/C28H23O2P/c1-22(29)23-17-19-24(20-18-23)28(30)21-31(25-11-5-2-6-12-25,26-13-7-3-8-14-26)27-15-9-4-10-16-27/h2-21H,1H3. The number of carbonyl (C=O) groups is 2. The van der Waals surface area contributed by atoms with E-state index in [9.17, 15) is 9.59 Å². The van der Waals surface area contributed by atoms with Gasteiger partial charge in [0.15, 0.2) is 11.6 Å². The Balaban J connectivity index is 2.00. The lowest BCUT2D eigenvalue weighted by Crippen LogP contribution is -2.28. The molecule has 0 amide bonds. The van der Waals surface area contributed by atoms with Crippen LogP contribution in [0.3, 0.4) is 0 Å². The van der Waals surface area contributed by atoms with Gasteiger partial charge in [-0.1, -0.05) is 115 Å². The predicted octanol–water partition coefficient (Wildman–Crippen LogP) is 4.87. The van der Waals surface area contributed by atoms with Crippen LogP contribution in [0.2, 0.25) is 0 Å². The van der Waals surface area contributed by atoms with Crippen molar-refractivity contribution >= 4 is 40.2 Å². The fourth-order valence-corrected chi connectivity index (χ4v) is 7.55. The normalized spacial score (nSPS) is 11.0. The average Bonchev–Trinajstić information content (AvgIpc) is 2.84. The molecule has 0 radical (unpaired) electrons. The quantitative estimate of drug-likeness (QED) is 0.328. The third kappa shape index (κ3) is 4.21. The lowest BCUT2D eigenvalue weighted by molar-refractivity contribution is 0.101. The molecule has 0 fully saturated rings. The Morgan fingerprint density at radius 2 is 0.903 bits per heavy atom. The van der Waals surface area contributed by atoms with Crippen LogP contribution in [0.1, 0.15) is 27.6 Å². The van der Waals surface area contributed by atoms with Crippen LogP contribution < -0.4 is 15.9 Å². The summed E-state index contributed by atoms with van der Waals surface area (Å²) in [6, 6.07) is 37.7. The maximum Gasteiger partial charge on any atom is 0.186 e. The third-order valence-electron chi connectivity index (χ3n) is 5.38. The van der Waals surface area contributed by atoms with Gasteiger partial charge in [0.25, 0.3) is 0 Å². The molecule has 0 atom stereocenters. The molecule has 4 aromatic rings. The van der Waals surface area contributed by atoms with E-state index in [0.29, 0.717) is 11.1 Å². The fraction of sp³-hybridized carbons (Fsp3) is 0.0357. The van der Waals surface area contributed by atoms with Crippen LogP contribution in [0.5, 0.6) is 0 Å². The number of hydrogen-bond acceptors (Lipinski definition) is 2. The Labute approximate surface area is 183 Å². The smallest absolute Gasteiger partial charge is 0.186 e. The van der Waals surface area contributed by atoms with Crippen LogP contribution in [0.4, 0.5) is 0 Å². The van der Waals surface area contributed by atoms with E-state index in [1.807, 2.05) is 60.4 Å². The molecular weight excluding hydrogens is 399 g/mol. The molecule has 0 saturated heterocycles. The first-order valence-electron chi connectivity index (χ1n) is 10.2. The second-order valence-electron chi connectivity index (χ2n) is 7.36. The highest BCUT2D eigenvalue weighted by atomic mass is 31.2. The largest absolute Gasteiger partial charge is 0.295 e. The van der Waals surface area contributed by atoms with E-state index in [0.717, 1.165) is 15.9 Å². The molecule has 0 unspecified atom stereocenters. The monoisotopic (exact) mass is 422 g/mol. The Hall–Kier alpha value is -3.48. The van der Waals surface area contributed by atoms with Crippen molar-refractivity contribution in [1.29, 1.82) is 0 Å².